The number of nitrogens with zero attached hydrogens (tertiary/aromatic N) is 2. The van der Waals surface area contributed by atoms with Crippen molar-refractivity contribution in [3.8, 4) is 11.5 Å². The van der Waals surface area contributed by atoms with Crippen LogP contribution in [-0.2, 0) is 0 Å². The predicted molar refractivity (Wildman–Crippen MR) is 85.8 cm³/mol. The summed E-state index contributed by atoms with van der Waals surface area (Å²) in [7, 11) is 0. The van der Waals surface area contributed by atoms with Crippen LogP contribution < -0.4 is 5.32 Å². The summed E-state index contributed by atoms with van der Waals surface area (Å²) in [6.45, 7) is 0. The van der Waals surface area contributed by atoms with E-state index in [2.05, 4.69) is 15.5 Å². The number of rotatable bonds is 3. The largest absolute Gasteiger partial charge is 0.411 e. The van der Waals surface area contributed by atoms with Gasteiger partial charge < -0.3 is 9.73 Å². The first-order valence-electron chi connectivity index (χ1n) is 7.18. The Kier molecular flexibility index (Phi) is 4.52. The monoisotopic (exact) mass is 323 g/mol. The smallest absolute Gasteiger partial charge is 0.277 e. The van der Waals surface area contributed by atoms with Crippen molar-refractivity contribution in [1.29, 1.82) is 0 Å². The molecule has 1 N–H and O–H groups in total. The third-order valence-corrected chi connectivity index (χ3v) is 5.21. The van der Waals surface area contributed by atoms with Gasteiger partial charge in [-0.1, -0.05) is 30.0 Å². The molecule has 3 heterocycles. The number of thioether (sulfide) groups is 1. The minimum Gasteiger partial charge on any atom is -0.411 e. The van der Waals surface area contributed by atoms with Crippen LogP contribution in [0.5, 0.6) is 0 Å². The lowest BCUT2D eigenvalue weighted by Gasteiger charge is -2.27. The fourth-order valence-electron chi connectivity index (χ4n) is 3.20. The number of hydrogen-bond acceptors (Lipinski definition) is 5. The maximum absolute atomic E-state index is 5.78. The van der Waals surface area contributed by atoms with Crippen molar-refractivity contribution in [3.63, 3.8) is 0 Å². The van der Waals surface area contributed by atoms with Gasteiger partial charge in [0.2, 0.25) is 5.89 Å². The van der Waals surface area contributed by atoms with E-state index >= 15 is 0 Å². The topological polar surface area (TPSA) is 51.0 Å². The van der Waals surface area contributed by atoms with Gasteiger partial charge in [0.1, 0.15) is 0 Å². The van der Waals surface area contributed by atoms with Crippen LogP contribution in [0.4, 0.5) is 0 Å². The number of hydrogen-bond donors (Lipinski definition) is 1. The van der Waals surface area contributed by atoms with Crippen LogP contribution in [0.15, 0.2) is 40.0 Å². The molecular weight excluding hydrogens is 306 g/mol. The second-order valence-electron chi connectivity index (χ2n) is 5.59. The zero-order chi connectivity index (χ0) is 13.4. The van der Waals surface area contributed by atoms with E-state index in [0.717, 1.165) is 5.56 Å². The van der Waals surface area contributed by atoms with Crippen LogP contribution in [-0.4, -0.2) is 27.5 Å². The zero-order valence-corrected chi connectivity index (χ0v) is 13.2. The number of benzene rings is 1. The molecule has 0 saturated carbocycles. The van der Waals surface area contributed by atoms with Crippen molar-refractivity contribution in [2.75, 3.05) is 0 Å². The maximum atomic E-state index is 5.78. The number of nitrogens with one attached hydrogen (secondary N) is 1. The number of halogens is 1. The zero-order valence-electron chi connectivity index (χ0n) is 11.6. The molecule has 0 radical (unpaired) electrons. The minimum absolute atomic E-state index is 0. The highest BCUT2D eigenvalue weighted by molar-refractivity contribution is 7.99. The molecule has 2 atom stereocenters. The molecule has 2 aliphatic heterocycles. The molecule has 2 unspecified atom stereocenters. The molecule has 2 bridgehead atoms. The summed E-state index contributed by atoms with van der Waals surface area (Å²) in [5, 5.41) is 13.3. The second kappa shape index (κ2) is 6.38. The molecule has 6 heteroatoms. The first-order chi connectivity index (χ1) is 9.87. The number of fused-ring (bicyclic) bond motifs is 2. The van der Waals surface area contributed by atoms with Crippen molar-refractivity contribution in [2.24, 2.45) is 0 Å². The van der Waals surface area contributed by atoms with Crippen molar-refractivity contribution in [1.82, 2.24) is 15.5 Å². The molecule has 2 aromatic rings. The Morgan fingerprint density at radius 1 is 1.05 bits per heavy atom. The standard InChI is InChI=1S/C15H17N3OS.ClH/c1-2-4-10(5-3-1)14-17-18-15(19-14)20-13-8-11-6-7-12(9-13)16-11;/h1-5,11-13,16H,6-9H2;1H. The Morgan fingerprint density at radius 2 is 1.76 bits per heavy atom. The van der Waals surface area contributed by atoms with Gasteiger partial charge >= 0.3 is 0 Å². The summed E-state index contributed by atoms with van der Waals surface area (Å²) in [6.07, 6.45) is 5.07. The molecule has 1 aromatic carbocycles. The molecule has 0 amide bonds. The summed E-state index contributed by atoms with van der Waals surface area (Å²) < 4.78 is 5.78. The van der Waals surface area contributed by atoms with Crippen molar-refractivity contribution in [2.45, 2.75) is 48.2 Å². The van der Waals surface area contributed by atoms with E-state index in [1.54, 1.807) is 11.8 Å². The lowest BCUT2D eigenvalue weighted by molar-refractivity contribution is 0.409. The van der Waals surface area contributed by atoms with E-state index < -0.39 is 0 Å². The molecule has 2 fully saturated rings. The molecule has 4 nitrogen and oxygen atoms in total. The summed E-state index contributed by atoms with van der Waals surface area (Å²) in [5.41, 5.74) is 0.984. The van der Waals surface area contributed by atoms with E-state index in [0.29, 0.717) is 28.4 Å². The first-order valence-corrected chi connectivity index (χ1v) is 8.06. The molecule has 4 rings (SSSR count). The van der Waals surface area contributed by atoms with Gasteiger partial charge in [-0.25, -0.2) is 0 Å². The Hall–Kier alpha value is -1.04. The number of aromatic nitrogens is 2. The van der Waals surface area contributed by atoms with Crippen LogP contribution in [0, 0.1) is 0 Å². The fourth-order valence-corrected chi connectivity index (χ4v) is 4.36. The van der Waals surface area contributed by atoms with Crippen molar-refractivity contribution in [3.05, 3.63) is 30.3 Å². The fraction of sp³-hybridized carbons (Fsp3) is 0.467. The van der Waals surface area contributed by atoms with Crippen molar-refractivity contribution < 1.29 is 4.42 Å². The Labute approximate surface area is 134 Å². The lowest BCUT2D eigenvalue weighted by Crippen LogP contribution is -2.39. The predicted octanol–water partition coefficient (Wildman–Crippen LogP) is 3.53. The quantitative estimate of drug-likeness (QED) is 0.936. The molecule has 2 saturated heterocycles. The first kappa shape index (κ1) is 14.9. The average Bonchev–Trinajstić information content (AvgIpc) is 3.07. The highest BCUT2D eigenvalue weighted by atomic mass is 35.5. The Morgan fingerprint density at radius 3 is 2.48 bits per heavy atom. The molecule has 0 aliphatic carbocycles. The average molecular weight is 324 g/mol. The van der Waals surface area contributed by atoms with E-state index in [-0.39, 0.29) is 12.4 Å². The normalized spacial score (nSPS) is 27.3. The van der Waals surface area contributed by atoms with Crippen LogP contribution >= 0.6 is 24.2 Å². The van der Waals surface area contributed by atoms with E-state index in [4.69, 9.17) is 4.42 Å². The van der Waals surface area contributed by atoms with Crippen LogP contribution in [0.25, 0.3) is 11.5 Å². The molecule has 1 aromatic heterocycles. The van der Waals surface area contributed by atoms with E-state index in [1.807, 2.05) is 30.3 Å². The highest BCUT2D eigenvalue weighted by Crippen LogP contribution is 2.37. The third-order valence-electron chi connectivity index (χ3n) is 4.12. The lowest BCUT2D eigenvalue weighted by atomic mass is 10.1. The van der Waals surface area contributed by atoms with Crippen LogP contribution in [0.3, 0.4) is 0 Å². The van der Waals surface area contributed by atoms with E-state index in [1.165, 1.54) is 25.7 Å². The number of piperidine rings is 1. The van der Waals surface area contributed by atoms with Gasteiger partial charge in [0.25, 0.3) is 5.22 Å². The maximum Gasteiger partial charge on any atom is 0.277 e. The third kappa shape index (κ3) is 3.25. The summed E-state index contributed by atoms with van der Waals surface area (Å²) in [5.74, 6) is 0.616. The Balaban J connectivity index is 0.00000132. The molecule has 21 heavy (non-hydrogen) atoms. The summed E-state index contributed by atoms with van der Waals surface area (Å²) in [4.78, 5) is 0. The van der Waals surface area contributed by atoms with Gasteiger partial charge in [-0.05, 0) is 37.8 Å². The molecular formula is C15H18ClN3OS. The van der Waals surface area contributed by atoms with E-state index in [9.17, 15) is 0 Å². The molecule has 0 spiro atoms. The van der Waals surface area contributed by atoms with Gasteiger partial charge in [-0.2, -0.15) is 0 Å². The van der Waals surface area contributed by atoms with Gasteiger partial charge in [-0.3, -0.25) is 0 Å². The van der Waals surface area contributed by atoms with Crippen LogP contribution in [0.1, 0.15) is 25.7 Å². The highest BCUT2D eigenvalue weighted by Gasteiger charge is 2.34. The van der Waals surface area contributed by atoms with Gasteiger partial charge in [0, 0.05) is 22.9 Å². The second-order valence-corrected chi connectivity index (χ2v) is 6.84. The van der Waals surface area contributed by atoms with Gasteiger partial charge in [-0.15, -0.1) is 22.6 Å². The van der Waals surface area contributed by atoms with Crippen LogP contribution in [0.2, 0.25) is 0 Å². The van der Waals surface area contributed by atoms with Crippen molar-refractivity contribution >= 4 is 24.2 Å². The minimum atomic E-state index is 0. The Bertz CT molecular complexity index is 580. The van der Waals surface area contributed by atoms with Gasteiger partial charge in [0.15, 0.2) is 0 Å². The molecule has 112 valence electrons. The summed E-state index contributed by atoms with van der Waals surface area (Å²) in [6, 6.07) is 11.3. The molecule has 2 aliphatic rings. The SMILES string of the molecule is Cl.c1ccc(-c2nnc(SC3CC4CCC(C3)N4)o2)cc1. The summed E-state index contributed by atoms with van der Waals surface area (Å²) >= 11 is 1.75. The van der Waals surface area contributed by atoms with Gasteiger partial charge in [0.05, 0.1) is 0 Å².